The minimum atomic E-state index is -0.380. The summed E-state index contributed by atoms with van der Waals surface area (Å²) in [5.74, 6) is -0.537. The van der Waals surface area contributed by atoms with Crippen molar-refractivity contribution in [1.82, 2.24) is 14.9 Å². The molecule has 3 aromatic heterocycles. The molecule has 35 heavy (non-hydrogen) atoms. The normalized spacial score (nSPS) is 11.2. The molecule has 0 aliphatic heterocycles. The summed E-state index contributed by atoms with van der Waals surface area (Å²) in [4.78, 5) is 28.2. The van der Waals surface area contributed by atoms with Crippen LogP contribution in [0.4, 0.5) is 9.52 Å². The van der Waals surface area contributed by atoms with Gasteiger partial charge >= 0.3 is 0 Å². The smallest absolute Gasteiger partial charge is 0.260 e. The Morgan fingerprint density at radius 2 is 1.83 bits per heavy atom. The van der Waals surface area contributed by atoms with Crippen molar-refractivity contribution in [2.75, 3.05) is 32.1 Å². The van der Waals surface area contributed by atoms with Crippen LogP contribution in [0.5, 0.6) is 0 Å². The predicted molar refractivity (Wildman–Crippen MR) is 139 cm³/mol. The van der Waals surface area contributed by atoms with Crippen LogP contribution in [-0.4, -0.2) is 48.0 Å². The Labute approximate surface area is 217 Å². The second-order valence-electron chi connectivity index (χ2n) is 8.25. The number of thiazole rings is 1. The third-order valence-corrected chi connectivity index (χ3v) is 7.48. The third kappa shape index (κ3) is 5.21. The van der Waals surface area contributed by atoms with Crippen LogP contribution >= 0.6 is 22.7 Å². The van der Waals surface area contributed by atoms with Gasteiger partial charge in [-0.25, -0.2) is 14.4 Å². The maximum atomic E-state index is 14.4. The molecular formula is C26H23ClFN4OS2-. The number of thiophene rings is 1. The van der Waals surface area contributed by atoms with Crippen LogP contribution in [0.3, 0.4) is 0 Å². The van der Waals surface area contributed by atoms with Gasteiger partial charge in [0.05, 0.1) is 26.4 Å². The summed E-state index contributed by atoms with van der Waals surface area (Å²) >= 11 is 2.92. The van der Waals surface area contributed by atoms with Gasteiger partial charge in [-0.2, -0.15) is 0 Å². The molecule has 0 fully saturated rings. The second kappa shape index (κ2) is 10.8. The van der Waals surface area contributed by atoms with Gasteiger partial charge in [0.1, 0.15) is 11.3 Å². The lowest BCUT2D eigenvalue weighted by atomic mass is 10.1. The van der Waals surface area contributed by atoms with Gasteiger partial charge in [0.2, 0.25) is 0 Å². The Morgan fingerprint density at radius 3 is 2.57 bits per heavy atom. The van der Waals surface area contributed by atoms with E-state index in [9.17, 15) is 9.18 Å². The van der Waals surface area contributed by atoms with Crippen molar-refractivity contribution in [3.8, 4) is 10.6 Å². The van der Waals surface area contributed by atoms with Gasteiger partial charge in [-0.3, -0.25) is 9.69 Å². The number of fused-ring (bicyclic) bond motifs is 2. The van der Waals surface area contributed by atoms with Gasteiger partial charge in [0, 0.05) is 11.9 Å². The fourth-order valence-electron chi connectivity index (χ4n) is 3.90. The highest BCUT2D eigenvalue weighted by Crippen LogP contribution is 2.33. The molecule has 0 saturated heterocycles. The zero-order valence-electron chi connectivity index (χ0n) is 19.2. The molecular weight excluding hydrogens is 503 g/mol. The van der Waals surface area contributed by atoms with E-state index >= 15 is 0 Å². The first-order valence-corrected chi connectivity index (χ1v) is 12.7. The van der Waals surface area contributed by atoms with Crippen LogP contribution in [0.15, 0.2) is 66.0 Å². The number of carbonyl (C=O) groups is 1. The molecule has 0 bridgehead atoms. The summed E-state index contributed by atoms with van der Waals surface area (Å²) in [7, 11) is 4.01. The number of hydrogen-bond donors (Lipinski definition) is 0. The lowest BCUT2D eigenvalue weighted by molar-refractivity contribution is -0.0000149. The predicted octanol–water partition coefficient (Wildman–Crippen LogP) is 3.31. The van der Waals surface area contributed by atoms with Gasteiger partial charge in [0.25, 0.3) is 5.91 Å². The Balaban J connectivity index is 0.00000289. The molecule has 0 spiro atoms. The summed E-state index contributed by atoms with van der Waals surface area (Å²) < 4.78 is 15.1. The molecule has 0 radical (unpaired) electrons. The number of rotatable bonds is 7. The summed E-state index contributed by atoms with van der Waals surface area (Å²) in [6.45, 7) is 1.30. The Hall–Kier alpha value is -2.91. The van der Waals surface area contributed by atoms with Crippen LogP contribution in [0.2, 0.25) is 0 Å². The lowest BCUT2D eigenvalue weighted by Gasteiger charge is -2.22. The van der Waals surface area contributed by atoms with Crippen molar-refractivity contribution in [3.05, 3.63) is 77.4 Å². The van der Waals surface area contributed by atoms with Gasteiger partial charge in [0.15, 0.2) is 5.13 Å². The summed E-state index contributed by atoms with van der Waals surface area (Å²) in [5.41, 5.74) is 2.39. The van der Waals surface area contributed by atoms with Crippen LogP contribution in [0.25, 0.3) is 31.7 Å². The number of anilines is 1. The second-order valence-corrected chi connectivity index (χ2v) is 10.2. The number of carbonyl (C=O) groups excluding carboxylic acids is 1. The number of para-hydroxylation sites is 2. The van der Waals surface area contributed by atoms with E-state index in [1.807, 2.05) is 68.0 Å². The van der Waals surface area contributed by atoms with Gasteiger partial charge < -0.3 is 17.3 Å². The molecule has 9 heteroatoms. The van der Waals surface area contributed by atoms with Crippen LogP contribution in [0.1, 0.15) is 16.8 Å². The van der Waals surface area contributed by atoms with E-state index in [4.69, 9.17) is 4.98 Å². The number of hydrogen-bond acceptors (Lipinski definition) is 6. The van der Waals surface area contributed by atoms with E-state index in [1.165, 1.54) is 17.4 Å². The van der Waals surface area contributed by atoms with Crippen molar-refractivity contribution in [2.24, 2.45) is 0 Å². The molecule has 0 atom stereocenters. The van der Waals surface area contributed by atoms with Gasteiger partial charge in [-0.15, -0.1) is 11.3 Å². The quantitative estimate of drug-likeness (QED) is 0.327. The van der Waals surface area contributed by atoms with E-state index in [1.54, 1.807) is 22.3 Å². The highest BCUT2D eigenvalue weighted by atomic mass is 35.5. The van der Waals surface area contributed by atoms with Gasteiger partial charge in [-0.05, 0) is 62.8 Å². The number of halogens is 2. The highest BCUT2D eigenvalue weighted by Gasteiger charge is 2.24. The first-order chi connectivity index (χ1) is 16.5. The molecule has 0 saturated carbocycles. The first-order valence-electron chi connectivity index (χ1n) is 11.0. The number of nitrogens with zero attached hydrogens (tertiary/aromatic N) is 4. The van der Waals surface area contributed by atoms with Crippen LogP contribution in [0, 0.1) is 5.82 Å². The average Bonchev–Trinajstić information content (AvgIpc) is 3.52. The number of amides is 1. The maximum absolute atomic E-state index is 14.4. The van der Waals surface area contributed by atoms with E-state index in [2.05, 4.69) is 9.88 Å². The number of benzene rings is 2. The summed E-state index contributed by atoms with van der Waals surface area (Å²) in [6, 6.07) is 18.4. The van der Waals surface area contributed by atoms with Crippen LogP contribution in [-0.2, 0) is 0 Å². The standard InChI is InChI=1S/C26H23FN4OS2.ClH/c1-30(2)13-7-14-31(26-29-24-19(27)9-5-11-23(24)34-26)25(32)18-16-21(22-12-6-15-33-22)28-20-10-4-3-8-17(18)20;/h3-6,8-12,15-16H,7,13-14H2,1-2H3;1H/p-1. The van der Waals surface area contributed by atoms with E-state index in [0.29, 0.717) is 22.8 Å². The minimum Gasteiger partial charge on any atom is -1.00 e. The van der Waals surface area contributed by atoms with E-state index in [0.717, 1.165) is 39.1 Å². The largest absolute Gasteiger partial charge is 1.00 e. The lowest BCUT2D eigenvalue weighted by Crippen LogP contribution is -3.00. The Morgan fingerprint density at radius 1 is 1.00 bits per heavy atom. The van der Waals surface area contributed by atoms with Gasteiger partial charge in [-0.1, -0.05) is 41.7 Å². The van der Waals surface area contributed by atoms with Crippen molar-refractivity contribution in [3.63, 3.8) is 0 Å². The summed E-state index contributed by atoms with van der Waals surface area (Å²) in [6.07, 6.45) is 0.762. The molecule has 5 rings (SSSR count). The molecule has 2 aromatic carbocycles. The minimum absolute atomic E-state index is 0. The summed E-state index contributed by atoms with van der Waals surface area (Å²) in [5, 5.41) is 3.29. The average molecular weight is 526 g/mol. The van der Waals surface area contributed by atoms with Crippen molar-refractivity contribution >= 4 is 54.8 Å². The topological polar surface area (TPSA) is 49.3 Å². The van der Waals surface area contributed by atoms with Crippen molar-refractivity contribution in [1.29, 1.82) is 0 Å². The van der Waals surface area contributed by atoms with Crippen LogP contribution < -0.4 is 17.3 Å². The Kier molecular flexibility index (Phi) is 7.76. The SMILES string of the molecule is CN(C)CCCN(C(=O)c1cc(-c2cccs2)nc2ccccc12)c1nc2c(F)cccc2s1.[Cl-]. The van der Waals surface area contributed by atoms with E-state index < -0.39 is 0 Å². The zero-order valence-corrected chi connectivity index (χ0v) is 21.6. The molecule has 1 amide bonds. The highest BCUT2D eigenvalue weighted by molar-refractivity contribution is 7.22. The molecule has 0 N–H and O–H groups in total. The first kappa shape index (κ1) is 25.2. The molecule has 5 aromatic rings. The molecule has 5 nitrogen and oxygen atoms in total. The molecule has 0 unspecified atom stereocenters. The monoisotopic (exact) mass is 525 g/mol. The van der Waals surface area contributed by atoms with Crippen molar-refractivity contribution < 1.29 is 21.6 Å². The number of pyridine rings is 1. The Bertz CT molecular complexity index is 1470. The van der Waals surface area contributed by atoms with E-state index in [-0.39, 0.29) is 24.1 Å². The maximum Gasteiger partial charge on any atom is 0.260 e. The number of aromatic nitrogens is 2. The van der Waals surface area contributed by atoms with Crippen molar-refractivity contribution in [2.45, 2.75) is 6.42 Å². The fraction of sp³-hybridized carbons (Fsp3) is 0.192. The molecule has 0 aliphatic carbocycles. The molecule has 0 aliphatic rings. The zero-order chi connectivity index (χ0) is 23.7. The third-order valence-electron chi connectivity index (χ3n) is 5.54. The molecule has 180 valence electrons. The fourth-order valence-corrected chi connectivity index (χ4v) is 5.59. The molecule has 3 heterocycles.